The van der Waals surface area contributed by atoms with Crippen LogP contribution in [0.15, 0.2) is 12.1 Å². The average Bonchev–Trinajstić information content (AvgIpc) is 3.14. The van der Waals surface area contributed by atoms with Gasteiger partial charge in [0, 0.05) is 5.92 Å². The van der Waals surface area contributed by atoms with Crippen molar-refractivity contribution < 1.29 is 9.90 Å². The fourth-order valence-corrected chi connectivity index (χ4v) is 2.21. The molecule has 2 aromatic rings. The number of nitrogens with zero attached hydrogens (tertiary/aromatic N) is 4. The van der Waals surface area contributed by atoms with E-state index in [2.05, 4.69) is 15.3 Å². The molecule has 98 valence electrons. The Kier molecular flexibility index (Phi) is 2.74. The van der Waals surface area contributed by atoms with E-state index >= 15 is 0 Å². The number of halogens is 1. The Morgan fingerprint density at radius 3 is 2.68 bits per heavy atom. The molecule has 0 unspecified atom stereocenters. The highest BCUT2D eigenvalue weighted by molar-refractivity contribution is 6.33. The first-order chi connectivity index (χ1) is 9.08. The van der Waals surface area contributed by atoms with E-state index in [1.165, 1.54) is 4.68 Å². The summed E-state index contributed by atoms with van der Waals surface area (Å²) in [6.07, 6.45) is 1.90. The molecule has 1 aliphatic rings. The molecule has 1 N–H and O–H groups in total. The number of aryl methyl sites for hydroxylation is 1. The number of aromatic nitrogens is 4. The first kappa shape index (κ1) is 12.1. The molecular formula is C12H11ClN4O2. The standard InChI is InChI=1S/C12H11ClN4O2/c1-6-2-5-8(15-14-6)17-11(13)9(12(18)19)10(16-17)7-3-4-7/h2,5,7H,3-4H2,1H3,(H,18,19). The highest BCUT2D eigenvalue weighted by atomic mass is 35.5. The van der Waals surface area contributed by atoms with Gasteiger partial charge in [-0.1, -0.05) is 11.6 Å². The lowest BCUT2D eigenvalue weighted by Gasteiger charge is -2.00. The van der Waals surface area contributed by atoms with Gasteiger partial charge in [0.05, 0.1) is 11.4 Å². The molecular weight excluding hydrogens is 268 g/mol. The molecule has 0 spiro atoms. The lowest BCUT2D eigenvalue weighted by Crippen LogP contribution is -2.02. The molecule has 0 bridgehead atoms. The van der Waals surface area contributed by atoms with Gasteiger partial charge in [0.25, 0.3) is 0 Å². The molecule has 2 heterocycles. The summed E-state index contributed by atoms with van der Waals surface area (Å²) in [5.74, 6) is -0.438. The second-order valence-corrected chi connectivity index (χ2v) is 4.93. The lowest BCUT2D eigenvalue weighted by atomic mass is 10.2. The summed E-state index contributed by atoms with van der Waals surface area (Å²) >= 11 is 6.12. The summed E-state index contributed by atoms with van der Waals surface area (Å²) in [6, 6.07) is 3.49. The Labute approximate surface area is 114 Å². The van der Waals surface area contributed by atoms with Crippen LogP contribution in [0.4, 0.5) is 0 Å². The molecule has 7 heteroatoms. The van der Waals surface area contributed by atoms with Crippen LogP contribution in [0.25, 0.3) is 5.82 Å². The second-order valence-electron chi connectivity index (χ2n) is 4.58. The molecule has 1 fully saturated rings. The Morgan fingerprint density at radius 1 is 1.42 bits per heavy atom. The fraction of sp³-hybridized carbons (Fsp3) is 0.333. The topological polar surface area (TPSA) is 80.9 Å². The number of hydrogen-bond donors (Lipinski definition) is 1. The number of aromatic carboxylic acids is 1. The third-order valence-corrected chi connectivity index (χ3v) is 3.38. The van der Waals surface area contributed by atoms with Gasteiger partial charge in [0.1, 0.15) is 10.7 Å². The Hall–Kier alpha value is -1.95. The van der Waals surface area contributed by atoms with Crippen molar-refractivity contribution in [2.24, 2.45) is 0 Å². The molecule has 1 saturated carbocycles. The average molecular weight is 279 g/mol. The predicted molar refractivity (Wildman–Crippen MR) is 67.8 cm³/mol. The van der Waals surface area contributed by atoms with Gasteiger partial charge < -0.3 is 5.11 Å². The van der Waals surface area contributed by atoms with Crippen LogP contribution >= 0.6 is 11.6 Å². The summed E-state index contributed by atoms with van der Waals surface area (Å²) in [5.41, 5.74) is 1.39. The summed E-state index contributed by atoms with van der Waals surface area (Å²) in [5, 5.41) is 21.5. The second kappa shape index (κ2) is 4.31. The Morgan fingerprint density at radius 2 is 2.16 bits per heavy atom. The molecule has 0 atom stereocenters. The maximum absolute atomic E-state index is 11.3. The van der Waals surface area contributed by atoms with Gasteiger partial charge >= 0.3 is 5.97 Å². The van der Waals surface area contributed by atoms with Crippen LogP contribution < -0.4 is 0 Å². The van der Waals surface area contributed by atoms with Crippen molar-refractivity contribution in [1.82, 2.24) is 20.0 Å². The number of carboxylic acids is 1. The van der Waals surface area contributed by atoms with Crippen molar-refractivity contribution in [2.45, 2.75) is 25.7 Å². The smallest absolute Gasteiger partial charge is 0.340 e. The van der Waals surface area contributed by atoms with Gasteiger partial charge in [-0.15, -0.1) is 5.10 Å². The van der Waals surface area contributed by atoms with Crippen molar-refractivity contribution >= 4 is 17.6 Å². The minimum Gasteiger partial charge on any atom is -0.478 e. The molecule has 6 nitrogen and oxygen atoms in total. The van der Waals surface area contributed by atoms with Crippen LogP contribution in [0, 0.1) is 6.92 Å². The molecule has 1 aliphatic carbocycles. The van der Waals surface area contributed by atoms with Crippen LogP contribution in [0.5, 0.6) is 0 Å². The molecule has 0 radical (unpaired) electrons. The largest absolute Gasteiger partial charge is 0.478 e. The summed E-state index contributed by atoms with van der Waals surface area (Å²) in [6.45, 7) is 1.82. The van der Waals surface area contributed by atoms with Crippen molar-refractivity contribution in [1.29, 1.82) is 0 Å². The van der Waals surface area contributed by atoms with E-state index < -0.39 is 5.97 Å². The zero-order valence-corrected chi connectivity index (χ0v) is 10.9. The van der Waals surface area contributed by atoms with E-state index in [9.17, 15) is 9.90 Å². The monoisotopic (exact) mass is 278 g/mol. The molecule has 3 rings (SSSR count). The van der Waals surface area contributed by atoms with E-state index in [1.807, 2.05) is 6.92 Å². The molecule has 19 heavy (non-hydrogen) atoms. The van der Waals surface area contributed by atoms with Gasteiger partial charge in [-0.2, -0.15) is 10.2 Å². The van der Waals surface area contributed by atoms with Gasteiger partial charge in [-0.05, 0) is 31.9 Å². The van der Waals surface area contributed by atoms with Gasteiger partial charge in [-0.3, -0.25) is 0 Å². The van der Waals surface area contributed by atoms with Crippen LogP contribution in [0.1, 0.15) is 40.5 Å². The van der Waals surface area contributed by atoms with E-state index in [0.29, 0.717) is 11.5 Å². The number of carbonyl (C=O) groups is 1. The van der Waals surface area contributed by atoms with Crippen LogP contribution in [0.2, 0.25) is 5.15 Å². The predicted octanol–water partition coefficient (Wildman–Crippen LogP) is 2.20. The van der Waals surface area contributed by atoms with Crippen molar-refractivity contribution in [3.63, 3.8) is 0 Å². The summed E-state index contributed by atoms with van der Waals surface area (Å²) in [7, 11) is 0. The van der Waals surface area contributed by atoms with Gasteiger partial charge in [-0.25, -0.2) is 9.48 Å². The highest BCUT2D eigenvalue weighted by Gasteiger charge is 2.34. The normalized spacial score (nSPS) is 14.6. The number of carboxylic acid groups (broad SMARTS) is 1. The minimum absolute atomic E-state index is 0.0755. The number of rotatable bonds is 3. The molecule has 0 aliphatic heterocycles. The third kappa shape index (κ3) is 2.08. The van der Waals surface area contributed by atoms with Crippen LogP contribution in [-0.4, -0.2) is 31.1 Å². The van der Waals surface area contributed by atoms with Gasteiger partial charge in [0.2, 0.25) is 0 Å². The number of hydrogen-bond acceptors (Lipinski definition) is 4. The zero-order chi connectivity index (χ0) is 13.6. The van der Waals surface area contributed by atoms with E-state index in [4.69, 9.17) is 11.6 Å². The molecule has 0 amide bonds. The minimum atomic E-state index is -1.06. The lowest BCUT2D eigenvalue weighted by molar-refractivity contribution is 0.0696. The van der Waals surface area contributed by atoms with E-state index in [-0.39, 0.29) is 16.6 Å². The Bertz CT molecular complexity index is 646. The first-order valence-electron chi connectivity index (χ1n) is 5.90. The Balaban J connectivity index is 2.14. The maximum atomic E-state index is 11.3. The van der Waals surface area contributed by atoms with Crippen molar-refractivity contribution in [3.8, 4) is 5.82 Å². The maximum Gasteiger partial charge on any atom is 0.340 e. The van der Waals surface area contributed by atoms with Gasteiger partial charge in [0.15, 0.2) is 5.82 Å². The van der Waals surface area contributed by atoms with Crippen LogP contribution in [-0.2, 0) is 0 Å². The molecule has 2 aromatic heterocycles. The zero-order valence-electron chi connectivity index (χ0n) is 10.2. The highest BCUT2D eigenvalue weighted by Crippen LogP contribution is 2.42. The van der Waals surface area contributed by atoms with Crippen molar-refractivity contribution in [3.05, 3.63) is 34.2 Å². The fourth-order valence-electron chi connectivity index (χ4n) is 1.91. The molecule has 0 aromatic carbocycles. The third-order valence-electron chi connectivity index (χ3n) is 3.03. The van der Waals surface area contributed by atoms with E-state index in [0.717, 1.165) is 18.5 Å². The SMILES string of the molecule is Cc1ccc(-n2nc(C3CC3)c(C(=O)O)c2Cl)nn1. The van der Waals surface area contributed by atoms with E-state index in [1.54, 1.807) is 12.1 Å². The quantitative estimate of drug-likeness (QED) is 0.931. The first-order valence-corrected chi connectivity index (χ1v) is 6.28. The molecule has 0 saturated heterocycles. The van der Waals surface area contributed by atoms with Crippen LogP contribution in [0.3, 0.4) is 0 Å². The summed E-state index contributed by atoms with van der Waals surface area (Å²) in [4.78, 5) is 11.3. The van der Waals surface area contributed by atoms with Crippen molar-refractivity contribution in [2.75, 3.05) is 0 Å². The summed E-state index contributed by atoms with van der Waals surface area (Å²) < 4.78 is 1.34.